The maximum atomic E-state index is 5.46. The molecule has 0 saturated heterocycles. The molecule has 0 saturated carbocycles. The highest BCUT2D eigenvalue weighted by atomic mass is 16.5. The molecule has 1 atom stereocenters. The van der Waals surface area contributed by atoms with Gasteiger partial charge in [0, 0.05) is 6.61 Å². The third kappa shape index (κ3) is 5.22. The number of rotatable bonds is 5. The molecule has 1 unspecified atom stereocenters. The minimum absolute atomic E-state index is 0.384. The summed E-state index contributed by atoms with van der Waals surface area (Å²) in [4.78, 5) is 0. The van der Waals surface area contributed by atoms with Crippen LogP contribution < -0.4 is 0 Å². The van der Waals surface area contributed by atoms with E-state index < -0.39 is 0 Å². The lowest BCUT2D eigenvalue weighted by atomic mass is 10.3. The molecule has 2 nitrogen and oxygen atoms in total. The molecular formula is C9H22NO+. The van der Waals surface area contributed by atoms with E-state index in [-0.39, 0.29) is 0 Å². The van der Waals surface area contributed by atoms with Gasteiger partial charge in [-0.1, -0.05) is 0 Å². The second-order valence-corrected chi connectivity index (χ2v) is 3.70. The van der Waals surface area contributed by atoms with Gasteiger partial charge >= 0.3 is 0 Å². The van der Waals surface area contributed by atoms with Crippen LogP contribution in [0.3, 0.4) is 0 Å². The first-order chi connectivity index (χ1) is 5.02. The Morgan fingerprint density at radius 3 is 2.18 bits per heavy atom. The van der Waals surface area contributed by atoms with Gasteiger partial charge in [-0.3, -0.25) is 0 Å². The van der Waals surface area contributed by atoms with E-state index >= 15 is 0 Å². The number of quaternary nitrogens is 1. The van der Waals surface area contributed by atoms with Gasteiger partial charge in [-0.05, 0) is 20.8 Å². The Hall–Kier alpha value is -0.0800. The number of nitrogens with zero attached hydrogens (tertiary/aromatic N) is 1. The third-order valence-corrected chi connectivity index (χ3v) is 2.06. The monoisotopic (exact) mass is 160 g/mol. The highest BCUT2D eigenvalue weighted by molar-refractivity contribution is 4.46. The van der Waals surface area contributed by atoms with Gasteiger partial charge in [0.1, 0.15) is 12.6 Å². The third-order valence-electron chi connectivity index (χ3n) is 2.06. The normalized spacial score (nSPS) is 15.0. The summed E-state index contributed by atoms with van der Waals surface area (Å²) in [5.41, 5.74) is 0. The van der Waals surface area contributed by atoms with Gasteiger partial charge in [0.05, 0.1) is 20.6 Å². The van der Waals surface area contributed by atoms with E-state index in [1.165, 1.54) is 0 Å². The summed E-state index contributed by atoms with van der Waals surface area (Å²) in [6.07, 6.45) is 0.384. The number of ether oxygens (including phenoxy) is 1. The van der Waals surface area contributed by atoms with Crippen LogP contribution in [0.25, 0.3) is 0 Å². The predicted molar refractivity (Wildman–Crippen MR) is 48.6 cm³/mol. The highest BCUT2D eigenvalue weighted by Crippen LogP contribution is 2.01. The van der Waals surface area contributed by atoms with Crippen LogP contribution in [0.1, 0.15) is 20.8 Å². The van der Waals surface area contributed by atoms with E-state index in [9.17, 15) is 0 Å². The summed E-state index contributed by atoms with van der Waals surface area (Å²) in [5.74, 6) is 0. The Bertz CT molecular complexity index is 102. The first kappa shape index (κ1) is 10.9. The van der Waals surface area contributed by atoms with Crippen molar-refractivity contribution in [2.75, 3.05) is 33.8 Å². The zero-order valence-electron chi connectivity index (χ0n) is 8.55. The van der Waals surface area contributed by atoms with Crippen molar-refractivity contribution < 1.29 is 9.22 Å². The maximum absolute atomic E-state index is 5.46. The van der Waals surface area contributed by atoms with Gasteiger partial charge in [-0.2, -0.15) is 0 Å². The number of likely N-dealkylation sites (N-methyl/N-ethyl adjacent to an activating group) is 1. The van der Waals surface area contributed by atoms with Crippen LogP contribution in [0.15, 0.2) is 0 Å². The molecule has 0 amide bonds. The molecule has 0 aromatic carbocycles. The van der Waals surface area contributed by atoms with Crippen molar-refractivity contribution in [3.05, 3.63) is 0 Å². The van der Waals surface area contributed by atoms with E-state index in [0.717, 1.165) is 24.2 Å². The Morgan fingerprint density at radius 1 is 1.27 bits per heavy atom. The standard InChI is InChI=1S/C9H22NO/c1-6-10(4,5)8-9(3)11-7-2/h9H,6-8H2,1-5H3/q+1. The first-order valence-electron chi connectivity index (χ1n) is 4.45. The van der Waals surface area contributed by atoms with Crippen molar-refractivity contribution in [1.29, 1.82) is 0 Å². The quantitative estimate of drug-likeness (QED) is 0.554. The second-order valence-electron chi connectivity index (χ2n) is 3.70. The summed E-state index contributed by atoms with van der Waals surface area (Å²) in [6.45, 7) is 9.48. The molecule has 0 rings (SSSR count). The summed E-state index contributed by atoms with van der Waals surface area (Å²) in [6, 6.07) is 0. The Labute approximate surface area is 70.7 Å². The Morgan fingerprint density at radius 2 is 1.82 bits per heavy atom. The molecule has 2 heteroatoms. The highest BCUT2D eigenvalue weighted by Gasteiger charge is 2.16. The molecule has 0 fully saturated rings. The van der Waals surface area contributed by atoms with Crippen LogP contribution in [-0.2, 0) is 4.74 Å². The Kier molecular flexibility index (Phi) is 4.69. The average Bonchev–Trinajstić information content (AvgIpc) is 1.87. The van der Waals surface area contributed by atoms with E-state index in [2.05, 4.69) is 27.9 Å². The largest absolute Gasteiger partial charge is 0.373 e. The zero-order valence-corrected chi connectivity index (χ0v) is 8.55. The van der Waals surface area contributed by atoms with E-state index in [0.29, 0.717) is 6.10 Å². The molecule has 0 N–H and O–H groups in total. The summed E-state index contributed by atoms with van der Waals surface area (Å²) >= 11 is 0. The molecule has 0 aliphatic heterocycles. The van der Waals surface area contributed by atoms with Crippen LogP contribution >= 0.6 is 0 Å². The predicted octanol–water partition coefficient (Wildman–Crippen LogP) is 1.51. The minimum atomic E-state index is 0.384. The second kappa shape index (κ2) is 4.73. The van der Waals surface area contributed by atoms with Crippen LogP contribution in [0.2, 0.25) is 0 Å². The Balaban J connectivity index is 3.64. The fraction of sp³-hybridized carbons (Fsp3) is 1.00. The fourth-order valence-corrected chi connectivity index (χ4v) is 1.16. The SMILES string of the molecule is CCOC(C)C[N+](C)(C)CC. The van der Waals surface area contributed by atoms with Crippen LogP contribution in [0.5, 0.6) is 0 Å². The molecule has 0 aliphatic rings. The molecule has 0 aliphatic carbocycles. The van der Waals surface area contributed by atoms with Crippen LogP contribution in [0, 0.1) is 0 Å². The summed E-state index contributed by atoms with van der Waals surface area (Å²) in [5, 5.41) is 0. The van der Waals surface area contributed by atoms with Gasteiger partial charge < -0.3 is 9.22 Å². The van der Waals surface area contributed by atoms with Crippen LogP contribution in [0.4, 0.5) is 0 Å². The lowest BCUT2D eigenvalue weighted by molar-refractivity contribution is -0.891. The smallest absolute Gasteiger partial charge is 0.105 e. The van der Waals surface area contributed by atoms with E-state index in [1.54, 1.807) is 0 Å². The van der Waals surface area contributed by atoms with E-state index in [4.69, 9.17) is 4.74 Å². The van der Waals surface area contributed by atoms with Crippen molar-refractivity contribution >= 4 is 0 Å². The van der Waals surface area contributed by atoms with Gasteiger partial charge in [-0.15, -0.1) is 0 Å². The molecule has 0 radical (unpaired) electrons. The topological polar surface area (TPSA) is 9.23 Å². The summed E-state index contributed by atoms with van der Waals surface area (Å²) < 4.78 is 6.51. The minimum Gasteiger partial charge on any atom is -0.373 e. The molecular weight excluding hydrogens is 138 g/mol. The van der Waals surface area contributed by atoms with Gasteiger partial charge in [0.25, 0.3) is 0 Å². The molecule has 0 bridgehead atoms. The van der Waals surface area contributed by atoms with Crippen molar-refractivity contribution in [3.8, 4) is 0 Å². The van der Waals surface area contributed by atoms with Crippen molar-refractivity contribution in [2.45, 2.75) is 26.9 Å². The molecule has 0 aromatic rings. The van der Waals surface area contributed by atoms with Crippen molar-refractivity contribution in [3.63, 3.8) is 0 Å². The van der Waals surface area contributed by atoms with Crippen molar-refractivity contribution in [1.82, 2.24) is 0 Å². The van der Waals surface area contributed by atoms with Crippen molar-refractivity contribution in [2.24, 2.45) is 0 Å². The molecule has 0 aromatic heterocycles. The lowest BCUT2D eigenvalue weighted by Gasteiger charge is -2.30. The number of hydrogen-bond acceptors (Lipinski definition) is 1. The molecule has 68 valence electrons. The van der Waals surface area contributed by atoms with Gasteiger partial charge in [0.15, 0.2) is 0 Å². The molecule has 0 heterocycles. The average molecular weight is 160 g/mol. The number of hydrogen-bond donors (Lipinski definition) is 0. The summed E-state index contributed by atoms with van der Waals surface area (Å²) in [7, 11) is 4.46. The fourth-order valence-electron chi connectivity index (χ4n) is 1.16. The van der Waals surface area contributed by atoms with Crippen LogP contribution in [-0.4, -0.2) is 44.4 Å². The zero-order chi connectivity index (χ0) is 8.91. The van der Waals surface area contributed by atoms with Gasteiger partial charge in [-0.25, -0.2) is 0 Å². The molecule has 0 spiro atoms. The molecule has 11 heavy (non-hydrogen) atoms. The van der Waals surface area contributed by atoms with Gasteiger partial charge in [0.2, 0.25) is 0 Å². The van der Waals surface area contributed by atoms with E-state index in [1.807, 2.05) is 6.92 Å². The first-order valence-corrected chi connectivity index (χ1v) is 4.45. The maximum Gasteiger partial charge on any atom is 0.105 e. The lowest BCUT2D eigenvalue weighted by Crippen LogP contribution is -2.44.